The van der Waals surface area contributed by atoms with Crippen molar-refractivity contribution in [3.05, 3.63) is 151 Å². The lowest BCUT2D eigenvalue weighted by Gasteiger charge is -2.33. The van der Waals surface area contributed by atoms with Crippen molar-refractivity contribution in [1.29, 1.82) is 0 Å². The van der Waals surface area contributed by atoms with Gasteiger partial charge in [-0.2, -0.15) is 0 Å². The van der Waals surface area contributed by atoms with Crippen molar-refractivity contribution in [3.63, 3.8) is 0 Å². The fourth-order valence-corrected chi connectivity index (χ4v) is 7.28. The van der Waals surface area contributed by atoms with Crippen molar-refractivity contribution in [2.75, 3.05) is 4.90 Å². The summed E-state index contributed by atoms with van der Waals surface area (Å²) in [5, 5.41) is 7.55. The lowest BCUT2D eigenvalue weighted by atomic mass is 9.96. The molecule has 6 aromatic carbocycles. The van der Waals surface area contributed by atoms with Crippen LogP contribution >= 0.6 is 0 Å². The molecular weight excluding hydrogens is 534 g/mol. The lowest BCUT2D eigenvalue weighted by Crippen LogP contribution is -2.22. The van der Waals surface area contributed by atoms with Crippen molar-refractivity contribution >= 4 is 65.8 Å². The topological polar surface area (TPSA) is 24.0 Å². The molecule has 2 heterocycles. The number of nitrogens with zero attached hydrogens (tertiary/aromatic N) is 2. The number of aromatic amines is 1. The SMILES string of the molecule is CC1CC=CC=C1N(c1ccccc1)c1cc(-n2c3ccccc3c3c4ccccc4ccc32)c2[nH]c3ccccc3c2c1. The van der Waals surface area contributed by atoms with Crippen molar-refractivity contribution in [1.82, 2.24) is 9.55 Å². The highest BCUT2D eigenvalue weighted by Crippen LogP contribution is 2.43. The van der Waals surface area contributed by atoms with Crippen LogP contribution in [0.2, 0.25) is 0 Å². The highest BCUT2D eigenvalue weighted by Gasteiger charge is 2.24. The minimum Gasteiger partial charge on any atom is -0.353 e. The maximum Gasteiger partial charge on any atom is 0.0724 e. The van der Waals surface area contributed by atoms with Gasteiger partial charge < -0.3 is 14.5 Å². The zero-order valence-corrected chi connectivity index (χ0v) is 24.5. The molecule has 1 aliphatic carbocycles. The molecule has 9 rings (SSSR count). The second kappa shape index (κ2) is 9.75. The zero-order chi connectivity index (χ0) is 29.2. The van der Waals surface area contributed by atoms with Crippen LogP contribution in [-0.2, 0) is 0 Å². The molecule has 0 radical (unpaired) electrons. The van der Waals surface area contributed by atoms with Gasteiger partial charge in [-0.3, -0.25) is 0 Å². The molecule has 0 saturated carbocycles. The zero-order valence-electron chi connectivity index (χ0n) is 24.5. The first-order chi connectivity index (χ1) is 21.8. The van der Waals surface area contributed by atoms with E-state index >= 15 is 0 Å². The summed E-state index contributed by atoms with van der Waals surface area (Å²) in [7, 11) is 0. The van der Waals surface area contributed by atoms with Gasteiger partial charge in [-0.25, -0.2) is 0 Å². The molecule has 1 aliphatic rings. The van der Waals surface area contributed by atoms with Crippen LogP contribution in [0.4, 0.5) is 11.4 Å². The molecule has 2 aromatic heterocycles. The Kier molecular flexibility index (Phi) is 5.54. The van der Waals surface area contributed by atoms with Crippen LogP contribution in [0.5, 0.6) is 0 Å². The molecule has 0 spiro atoms. The number of benzene rings is 6. The Balaban J connectivity index is 1.43. The van der Waals surface area contributed by atoms with Crippen LogP contribution in [0.3, 0.4) is 0 Å². The van der Waals surface area contributed by atoms with Crippen molar-refractivity contribution in [2.24, 2.45) is 5.92 Å². The summed E-state index contributed by atoms with van der Waals surface area (Å²) < 4.78 is 2.47. The van der Waals surface area contributed by atoms with E-state index in [1.165, 1.54) is 54.7 Å². The van der Waals surface area contributed by atoms with Gasteiger partial charge in [-0.15, -0.1) is 0 Å². The summed E-state index contributed by atoms with van der Waals surface area (Å²) >= 11 is 0. The first-order valence-corrected chi connectivity index (χ1v) is 15.4. The van der Waals surface area contributed by atoms with E-state index in [-0.39, 0.29) is 0 Å². The first kappa shape index (κ1) is 25.0. The second-order valence-electron chi connectivity index (χ2n) is 11.9. The van der Waals surface area contributed by atoms with Gasteiger partial charge in [0, 0.05) is 50.1 Å². The minimum atomic E-state index is 0.391. The summed E-state index contributed by atoms with van der Waals surface area (Å²) in [6.45, 7) is 2.33. The Morgan fingerprint density at radius 1 is 0.659 bits per heavy atom. The van der Waals surface area contributed by atoms with E-state index < -0.39 is 0 Å². The molecule has 0 bridgehead atoms. The number of aromatic nitrogens is 2. The standard InChI is InChI=1S/C41H31N3/c1-27-13-5-11-21-36(27)43(29-15-3-2-4-16-29)30-25-34-32-18-8-10-20-35(32)42-41(34)39(26-30)44-37-22-12-9-19-33(37)40-31-17-7-6-14-28(31)23-24-38(40)44/h2-12,14-27,42H,13H2,1H3. The molecule has 0 fully saturated rings. The largest absolute Gasteiger partial charge is 0.353 e. The number of H-pyrrole nitrogens is 1. The molecule has 0 amide bonds. The number of hydrogen-bond acceptors (Lipinski definition) is 1. The van der Waals surface area contributed by atoms with Gasteiger partial charge in [0.05, 0.1) is 22.2 Å². The van der Waals surface area contributed by atoms with Crippen LogP contribution in [0.15, 0.2) is 151 Å². The van der Waals surface area contributed by atoms with Crippen LogP contribution in [-0.4, -0.2) is 9.55 Å². The second-order valence-corrected chi connectivity index (χ2v) is 11.9. The molecule has 3 heteroatoms. The van der Waals surface area contributed by atoms with Gasteiger partial charge in [0.2, 0.25) is 0 Å². The van der Waals surface area contributed by atoms with E-state index in [0.717, 1.165) is 28.8 Å². The fourth-order valence-electron chi connectivity index (χ4n) is 7.28. The third-order valence-corrected chi connectivity index (χ3v) is 9.31. The van der Waals surface area contributed by atoms with E-state index in [9.17, 15) is 0 Å². The highest BCUT2D eigenvalue weighted by atomic mass is 15.2. The highest BCUT2D eigenvalue weighted by molar-refractivity contribution is 6.22. The van der Waals surface area contributed by atoms with E-state index in [1.807, 2.05) is 0 Å². The number of anilines is 2. The quantitative estimate of drug-likeness (QED) is 0.225. The third-order valence-electron chi connectivity index (χ3n) is 9.31. The van der Waals surface area contributed by atoms with E-state index in [4.69, 9.17) is 0 Å². The van der Waals surface area contributed by atoms with Gasteiger partial charge in [0.1, 0.15) is 0 Å². The smallest absolute Gasteiger partial charge is 0.0724 e. The number of nitrogens with one attached hydrogen (secondary N) is 1. The van der Waals surface area contributed by atoms with Crippen LogP contribution in [0, 0.1) is 5.92 Å². The van der Waals surface area contributed by atoms with Crippen molar-refractivity contribution < 1.29 is 0 Å². The number of rotatable bonds is 4. The molecule has 44 heavy (non-hydrogen) atoms. The Morgan fingerprint density at radius 2 is 1.41 bits per heavy atom. The summed E-state index contributed by atoms with van der Waals surface area (Å²) in [6.07, 6.45) is 7.78. The van der Waals surface area contributed by atoms with Crippen molar-refractivity contribution in [2.45, 2.75) is 13.3 Å². The van der Waals surface area contributed by atoms with E-state index in [2.05, 4.69) is 167 Å². The number of allylic oxidation sites excluding steroid dienone is 4. The van der Waals surface area contributed by atoms with Gasteiger partial charge in [-0.05, 0) is 65.7 Å². The first-order valence-electron chi connectivity index (χ1n) is 15.4. The summed E-state index contributed by atoms with van der Waals surface area (Å²) in [6, 6.07) is 46.4. The van der Waals surface area contributed by atoms with Gasteiger partial charge >= 0.3 is 0 Å². The number of para-hydroxylation sites is 3. The molecule has 1 N–H and O–H groups in total. The summed E-state index contributed by atoms with van der Waals surface area (Å²) in [5.74, 6) is 0.391. The maximum atomic E-state index is 3.83. The third kappa shape index (κ3) is 3.69. The maximum absolute atomic E-state index is 3.83. The monoisotopic (exact) mass is 565 g/mol. The predicted molar refractivity (Wildman–Crippen MR) is 187 cm³/mol. The molecule has 0 saturated heterocycles. The van der Waals surface area contributed by atoms with Gasteiger partial charge in [0.25, 0.3) is 0 Å². The Labute approximate surface area is 256 Å². The Hall–Kier alpha value is -5.54. The molecule has 0 aliphatic heterocycles. The molecule has 1 atom stereocenters. The van der Waals surface area contributed by atoms with E-state index in [0.29, 0.717) is 5.92 Å². The average Bonchev–Trinajstić information content (AvgIpc) is 3.62. The summed E-state index contributed by atoms with van der Waals surface area (Å²) in [4.78, 5) is 6.29. The van der Waals surface area contributed by atoms with Crippen LogP contribution < -0.4 is 4.90 Å². The normalized spacial score (nSPS) is 15.1. The van der Waals surface area contributed by atoms with Crippen LogP contribution in [0.1, 0.15) is 13.3 Å². The molecule has 3 nitrogen and oxygen atoms in total. The Morgan fingerprint density at radius 3 is 2.27 bits per heavy atom. The Bertz CT molecular complexity index is 2440. The van der Waals surface area contributed by atoms with Crippen LogP contribution in [0.25, 0.3) is 60.1 Å². The lowest BCUT2D eigenvalue weighted by molar-refractivity contribution is 0.670. The van der Waals surface area contributed by atoms with Crippen molar-refractivity contribution in [3.8, 4) is 5.69 Å². The minimum absolute atomic E-state index is 0.391. The van der Waals surface area contributed by atoms with E-state index in [1.54, 1.807) is 0 Å². The van der Waals surface area contributed by atoms with Gasteiger partial charge in [0.15, 0.2) is 0 Å². The predicted octanol–water partition coefficient (Wildman–Crippen LogP) is 11.2. The number of fused-ring (bicyclic) bond motifs is 8. The fraction of sp³-hybridized carbons (Fsp3) is 0.0732. The molecular formula is C41H31N3. The molecule has 8 aromatic rings. The molecule has 210 valence electrons. The number of hydrogen-bond donors (Lipinski definition) is 1. The molecule has 1 unspecified atom stereocenters. The summed E-state index contributed by atoms with van der Waals surface area (Å²) in [5.41, 5.74) is 9.48. The average molecular weight is 566 g/mol. The van der Waals surface area contributed by atoms with Gasteiger partial charge in [-0.1, -0.05) is 104 Å².